The highest BCUT2D eigenvalue weighted by atomic mass is 79.9. The summed E-state index contributed by atoms with van der Waals surface area (Å²) in [6.07, 6.45) is 5.24. The van der Waals surface area contributed by atoms with Gasteiger partial charge in [-0.2, -0.15) is 0 Å². The van der Waals surface area contributed by atoms with E-state index in [1.807, 2.05) is 6.07 Å². The maximum absolute atomic E-state index is 11.5. The van der Waals surface area contributed by atoms with Crippen LogP contribution in [0.25, 0.3) is 5.57 Å². The van der Waals surface area contributed by atoms with E-state index in [0.29, 0.717) is 11.0 Å². The molecular formula is C17H17BrO3. The van der Waals surface area contributed by atoms with Crippen molar-refractivity contribution in [2.24, 2.45) is 5.41 Å². The summed E-state index contributed by atoms with van der Waals surface area (Å²) in [5, 5.41) is 9.42. The normalized spacial score (nSPS) is 27.1. The predicted molar refractivity (Wildman–Crippen MR) is 83.4 cm³/mol. The molecule has 4 heteroatoms. The predicted octanol–water partition coefficient (Wildman–Crippen LogP) is 4.05. The van der Waals surface area contributed by atoms with Gasteiger partial charge in [-0.05, 0) is 60.9 Å². The number of halogens is 1. The lowest BCUT2D eigenvalue weighted by atomic mass is 9.71. The second-order valence-electron chi connectivity index (χ2n) is 6.49. The third-order valence-electron chi connectivity index (χ3n) is 5.31. The Hall–Kier alpha value is -1.13. The van der Waals surface area contributed by atoms with Crippen LogP contribution in [0.1, 0.15) is 47.2 Å². The summed E-state index contributed by atoms with van der Waals surface area (Å²) in [6.45, 7) is 1.72. The van der Waals surface area contributed by atoms with Gasteiger partial charge in [0, 0.05) is 16.5 Å². The number of fused-ring (bicyclic) bond motifs is 2. The molecule has 1 heterocycles. The third kappa shape index (κ3) is 2.00. The average Bonchev–Trinajstić information content (AvgIpc) is 3.04. The molecule has 21 heavy (non-hydrogen) atoms. The summed E-state index contributed by atoms with van der Waals surface area (Å²) in [7, 11) is 0. The molecular weight excluding hydrogens is 332 g/mol. The van der Waals surface area contributed by atoms with E-state index in [1.54, 1.807) is 6.07 Å². The van der Waals surface area contributed by atoms with Gasteiger partial charge in [0.25, 0.3) is 0 Å². The molecule has 2 aliphatic carbocycles. The van der Waals surface area contributed by atoms with Gasteiger partial charge < -0.3 is 9.84 Å². The highest BCUT2D eigenvalue weighted by molar-refractivity contribution is 9.10. The van der Waals surface area contributed by atoms with Gasteiger partial charge in [0.05, 0.1) is 12.2 Å². The van der Waals surface area contributed by atoms with Gasteiger partial charge in [-0.15, -0.1) is 0 Å². The Morgan fingerprint density at radius 2 is 2.19 bits per heavy atom. The highest BCUT2D eigenvalue weighted by Crippen LogP contribution is 2.53. The van der Waals surface area contributed by atoms with Crippen LogP contribution in [-0.4, -0.2) is 24.3 Å². The molecule has 0 radical (unpaired) electrons. The lowest BCUT2D eigenvalue weighted by Crippen LogP contribution is -2.24. The first-order valence-corrected chi connectivity index (χ1v) is 8.23. The number of aromatic carboxylic acids is 1. The van der Waals surface area contributed by atoms with Gasteiger partial charge in [0.1, 0.15) is 0 Å². The van der Waals surface area contributed by atoms with Crippen LogP contribution in [0.3, 0.4) is 0 Å². The van der Waals surface area contributed by atoms with E-state index in [9.17, 15) is 9.90 Å². The monoisotopic (exact) mass is 348 g/mol. The van der Waals surface area contributed by atoms with Crippen LogP contribution in [0.15, 0.2) is 22.2 Å². The molecule has 0 aromatic heterocycles. The molecule has 0 saturated carbocycles. The van der Waals surface area contributed by atoms with Gasteiger partial charge in [-0.25, -0.2) is 4.79 Å². The van der Waals surface area contributed by atoms with E-state index in [2.05, 4.69) is 15.9 Å². The van der Waals surface area contributed by atoms with Crippen molar-refractivity contribution in [3.63, 3.8) is 0 Å². The van der Waals surface area contributed by atoms with Gasteiger partial charge in [-0.3, -0.25) is 0 Å². The smallest absolute Gasteiger partial charge is 0.335 e. The number of allylic oxidation sites excluding steroid dienone is 2. The topological polar surface area (TPSA) is 46.5 Å². The molecule has 1 atom stereocenters. The van der Waals surface area contributed by atoms with Crippen LogP contribution in [0.2, 0.25) is 0 Å². The number of carbonyl (C=O) groups is 1. The number of benzene rings is 1. The number of hydrogen-bond donors (Lipinski definition) is 1. The van der Waals surface area contributed by atoms with Crippen molar-refractivity contribution < 1.29 is 14.6 Å². The molecule has 3 aliphatic rings. The van der Waals surface area contributed by atoms with E-state index in [1.165, 1.54) is 17.6 Å². The van der Waals surface area contributed by atoms with Crippen molar-refractivity contribution in [2.75, 3.05) is 13.2 Å². The second kappa shape index (κ2) is 4.68. The van der Waals surface area contributed by atoms with Crippen LogP contribution < -0.4 is 0 Å². The Morgan fingerprint density at radius 1 is 1.33 bits per heavy atom. The van der Waals surface area contributed by atoms with E-state index in [-0.39, 0.29) is 0 Å². The zero-order valence-corrected chi connectivity index (χ0v) is 13.3. The molecule has 3 nitrogen and oxygen atoms in total. The number of rotatable bonds is 1. The van der Waals surface area contributed by atoms with Crippen LogP contribution in [0.5, 0.6) is 0 Å². The van der Waals surface area contributed by atoms with Gasteiger partial charge >= 0.3 is 5.97 Å². The van der Waals surface area contributed by atoms with Crippen molar-refractivity contribution in [3.05, 3.63) is 38.9 Å². The van der Waals surface area contributed by atoms with Crippen LogP contribution in [0, 0.1) is 5.41 Å². The van der Waals surface area contributed by atoms with Crippen molar-refractivity contribution in [1.29, 1.82) is 0 Å². The Kier molecular flexibility index (Phi) is 3.02. The molecule has 1 spiro atoms. The summed E-state index contributed by atoms with van der Waals surface area (Å²) in [4.78, 5) is 11.5. The molecule has 1 saturated heterocycles. The summed E-state index contributed by atoms with van der Waals surface area (Å²) >= 11 is 3.63. The fraction of sp³-hybridized carbons (Fsp3) is 0.471. The van der Waals surface area contributed by atoms with Gasteiger partial charge in [-0.1, -0.05) is 21.5 Å². The molecule has 1 fully saturated rings. The first-order chi connectivity index (χ1) is 10.1. The summed E-state index contributed by atoms with van der Waals surface area (Å²) in [5.74, 6) is -0.822. The van der Waals surface area contributed by atoms with Crippen molar-refractivity contribution >= 4 is 27.5 Å². The average molecular weight is 349 g/mol. The van der Waals surface area contributed by atoms with Crippen LogP contribution in [0.4, 0.5) is 0 Å². The van der Waals surface area contributed by atoms with Gasteiger partial charge in [0.15, 0.2) is 0 Å². The van der Waals surface area contributed by atoms with Crippen LogP contribution >= 0.6 is 15.9 Å². The third-order valence-corrected chi connectivity index (χ3v) is 5.97. The molecule has 1 N–H and O–H groups in total. The van der Waals surface area contributed by atoms with E-state index in [4.69, 9.17) is 4.74 Å². The largest absolute Gasteiger partial charge is 0.478 e. The lowest BCUT2D eigenvalue weighted by Gasteiger charge is -2.33. The SMILES string of the molecule is O=C(O)c1ccc(Br)c2c1CC1=C2CC2(CCOC2)CC1. The van der Waals surface area contributed by atoms with Crippen molar-refractivity contribution in [2.45, 2.75) is 32.1 Å². The number of carboxylic acid groups (broad SMARTS) is 1. The Balaban J connectivity index is 1.80. The minimum Gasteiger partial charge on any atom is -0.478 e. The molecule has 1 aromatic rings. The van der Waals surface area contributed by atoms with E-state index in [0.717, 1.165) is 54.5 Å². The fourth-order valence-corrected chi connectivity index (χ4v) is 4.76. The summed E-state index contributed by atoms with van der Waals surface area (Å²) in [5.41, 5.74) is 5.72. The van der Waals surface area contributed by atoms with E-state index >= 15 is 0 Å². The molecule has 110 valence electrons. The molecule has 1 unspecified atom stereocenters. The standard InChI is InChI=1S/C17H17BrO3/c18-14-2-1-11(16(19)20)12-7-10-3-4-17(5-6-21-9-17)8-13(10)15(12)14/h1-2H,3-9H2,(H,19,20). The van der Waals surface area contributed by atoms with Crippen molar-refractivity contribution in [3.8, 4) is 0 Å². The molecule has 1 aromatic carbocycles. The Labute approximate surface area is 132 Å². The first-order valence-electron chi connectivity index (χ1n) is 7.43. The minimum absolute atomic E-state index is 0.291. The Bertz CT molecular complexity index is 669. The fourth-order valence-electron chi connectivity index (χ4n) is 4.14. The molecule has 4 rings (SSSR count). The lowest BCUT2D eigenvalue weighted by molar-refractivity contribution is 0.0696. The summed E-state index contributed by atoms with van der Waals surface area (Å²) in [6, 6.07) is 3.60. The highest BCUT2D eigenvalue weighted by Gasteiger charge is 2.42. The number of hydrogen-bond acceptors (Lipinski definition) is 2. The van der Waals surface area contributed by atoms with Crippen LogP contribution in [-0.2, 0) is 11.2 Å². The minimum atomic E-state index is -0.822. The van der Waals surface area contributed by atoms with E-state index < -0.39 is 5.97 Å². The zero-order valence-electron chi connectivity index (χ0n) is 11.7. The molecule has 0 amide bonds. The maximum Gasteiger partial charge on any atom is 0.335 e. The molecule has 1 aliphatic heterocycles. The first kappa shape index (κ1) is 13.5. The number of carboxylic acids is 1. The molecule has 0 bridgehead atoms. The zero-order chi connectivity index (χ0) is 14.6. The Morgan fingerprint density at radius 3 is 2.90 bits per heavy atom. The number of ether oxygens (including phenoxy) is 1. The van der Waals surface area contributed by atoms with Gasteiger partial charge in [0.2, 0.25) is 0 Å². The maximum atomic E-state index is 11.5. The summed E-state index contributed by atoms with van der Waals surface area (Å²) < 4.78 is 6.67. The van der Waals surface area contributed by atoms with Crippen molar-refractivity contribution in [1.82, 2.24) is 0 Å². The second-order valence-corrected chi connectivity index (χ2v) is 7.35. The quantitative estimate of drug-likeness (QED) is 0.832.